The fourth-order valence-corrected chi connectivity index (χ4v) is 5.18. The average Bonchev–Trinajstić information content (AvgIpc) is 3.52. The number of rotatable bonds is 4. The lowest BCUT2D eigenvalue weighted by atomic mass is 10.0. The minimum absolute atomic E-state index is 0.00466. The Morgan fingerprint density at radius 1 is 1.11 bits per heavy atom. The Morgan fingerprint density at radius 3 is 2.86 bits per heavy atom. The molecule has 2 aliphatic heterocycles. The fourth-order valence-electron chi connectivity index (χ4n) is 5.18. The lowest BCUT2D eigenvalue weighted by Crippen LogP contribution is -2.34. The topological polar surface area (TPSA) is 75.9 Å². The second kappa shape index (κ2) is 8.92. The molecule has 4 aromatic rings. The van der Waals surface area contributed by atoms with Gasteiger partial charge < -0.3 is 10.2 Å². The van der Waals surface area contributed by atoms with Gasteiger partial charge in [-0.1, -0.05) is 0 Å². The zero-order chi connectivity index (χ0) is 24.8. The molecule has 0 saturated carbocycles. The van der Waals surface area contributed by atoms with Crippen molar-refractivity contribution in [1.29, 1.82) is 0 Å². The molecular weight excluding hydrogens is 469 g/mol. The zero-order valence-electron chi connectivity index (χ0n) is 19.2. The molecule has 3 atom stereocenters. The van der Waals surface area contributed by atoms with Gasteiger partial charge in [-0.05, 0) is 42.8 Å². The Bertz CT molecular complexity index is 1460. The largest absolute Gasteiger partial charge is 0.356 e. The van der Waals surface area contributed by atoms with E-state index in [1.807, 2.05) is 12.3 Å². The number of hydrogen-bond donors (Lipinski definition) is 1. The smallest absolute Gasteiger partial charge is 0.222 e. The second-order valence-corrected chi connectivity index (χ2v) is 9.27. The number of halogens is 3. The minimum Gasteiger partial charge on any atom is -0.356 e. The van der Waals surface area contributed by atoms with Gasteiger partial charge in [-0.25, -0.2) is 18.2 Å². The highest BCUT2D eigenvalue weighted by Crippen LogP contribution is 2.39. The maximum atomic E-state index is 14.6. The third kappa shape index (κ3) is 4.06. The van der Waals surface area contributed by atoms with Gasteiger partial charge in [0.25, 0.3) is 0 Å². The number of pyridine rings is 2. The summed E-state index contributed by atoms with van der Waals surface area (Å²) in [5.74, 6) is -0.682. The first-order chi connectivity index (χ1) is 17.5. The van der Waals surface area contributed by atoms with Gasteiger partial charge in [-0.2, -0.15) is 5.10 Å². The molecule has 2 aliphatic rings. The predicted octanol–water partition coefficient (Wildman–Crippen LogP) is 4.51. The van der Waals surface area contributed by atoms with E-state index in [1.165, 1.54) is 0 Å². The zero-order valence-corrected chi connectivity index (χ0v) is 19.2. The standard InChI is InChI=1S/C26H23F3N6O/c27-16-1-2-21(29)20(9-16)23-10-17(28)14-34(23)24-4-3-22-26(33-24)19(6-8-30-22)15-12-32-35(13-15)18-5-7-31-25(36)11-18/h1-4,6,8-9,12-13,17-18,23H,5,7,10-11,14H2,(H,31,36)/t17-,18?,23+/m0/s1. The number of aromatic nitrogens is 4. The quantitative estimate of drug-likeness (QED) is 0.454. The molecule has 0 aliphatic carbocycles. The van der Waals surface area contributed by atoms with Crippen LogP contribution < -0.4 is 10.2 Å². The molecule has 10 heteroatoms. The Balaban J connectivity index is 1.38. The van der Waals surface area contributed by atoms with E-state index >= 15 is 0 Å². The van der Waals surface area contributed by atoms with Crippen LogP contribution >= 0.6 is 0 Å². The molecule has 7 nitrogen and oxygen atoms in total. The summed E-state index contributed by atoms with van der Waals surface area (Å²) < 4.78 is 44.8. The molecule has 0 radical (unpaired) electrons. The van der Waals surface area contributed by atoms with E-state index in [0.29, 0.717) is 29.8 Å². The molecule has 1 amide bonds. The van der Waals surface area contributed by atoms with Crippen LogP contribution in [0.1, 0.15) is 36.9 Å². The Morgan fingerprint density at radius 2 is 2.00 bits per heavy atom. The number of benzene rings is 1. The van der Waals surface area contributed by atoms with Crippen LogP contribution in [0.2, 0.25) is 0 Å². The summed E-state index contributed by atoms with van der Waals surface area (Å²) in [5, 5.41) is 7.32. The van der Waals surface area contributed by atoms with Crippen molar-refractivity contribution < 1.29 is 18.0 Å². The van der Waals surface area contributed by atoms with Crippen molar-refractivity contribution >= 4 is 22.8 Å². The number of anilines is 1. The number of fused-ring (bicyclic) bond motifs is 1. The summed E-state index contributed by atoms with van der Waals surface area (Å²) in [7, 11) is 0. The Labute approximate surface area is 205 Å². The summed E-state index contributed by atoms with van der Waals surface area (Å²) >= 11 is 0. The molecule has 2 fully saturated rings. The lowest BCUT2D eigenvalue weighted by Gasteiger charge is -2.26. The Kier molecular flexibility index (Phi) is 5.58. The molecule has 1 aromatic carbocycles. The van der Waals surface area contributed by atoms with E-state index in [0.717, 1.165) is 35.7 Å². The molecule has 2 saturated heterocycles. The first kappa shape index (κ1) is 22.5. The molecule has 3 aromatic heterocycles. The van der Waals surface area contributed by atoms with Crippen LogP contribution in [-0.4, -0.2) is 44.9 Å². The van der Waals surface area contributed by atoms with Gasteiger partial charge in [0.1, 0.15) is 23.6 Å². The van der Waals surface area contributed by atoms with Crippen molar-refractivity contribution in [3.63, 3.8) is 0 Å². The highest BCUT2D eigenvalue weighted by molar-refractivity contribution is 5.91. The van der Waals surface area contributed by atoms with Crippen molar-refractivity contribution in [2.75, 3.05) is 18.0 Å². The normalized spacial score (nSPS) is 22.2. The maximum Gasteiger partial charge on any atom is 0.222 e. The van der Waals surface area contributed by atoms with Crippen LogP contribution in [0.3, 0.4) is 0 Å². The van der Waals surface area contributed by atoms with Gasteiger partial charge >= 0.3 is 0 Å². The van der Waals surface area contributed by atoms with Gasteiger partial charge in [-0.15, -0.1) is 0 Å². The SMILES string of the molecule is O=C1CC(n2cc(-c3ccnc4ccc(N5C[C@@H](F)C[C@@H]5c5cc(F)ccc5F)nc34)cn2)CCN1. The summed E-state index contributed by atoms with van der Waals surface area (Å²) in [6.45, 7) is 0.636. The van der Waals surface area contributed by atoms with Gasteiger partial charge in [0, 0.05) is 48.5 Å². The van der Waals surface area contributed by atoms with Gasteiger partial charge in [0.05, 0.1) is 35.9 Å². The number of amides is 1. The molecule has 0 bridgehead atoms. The van der Waals surface area contributed by atoms with E-state index in [1.54, 1.807) is 34.1 Å². The first-order valence-electron chi connectivity index (χ1n) is 11.9. The molecule has 0 spiro atoms. The highest BCUT2D eigenvalue weighted by atomic mass is 19.1. The van der Waals surface area contributed by atoms with E-state index < -0.39 is 23.8 Å². The van der Waals surface area contributed by atoms with Crippen molar-refractivity contribution in [2.24, 2.45) is 0 Å². The number of nitrogens with one attached hydrogen (secondary N) is 1. The maximum absolute atomic E-state index is 14.6. The minimum atomic E-state index is -1.20. The first-order valence-corrected chi connectivity index (χ1v) is 11.9. The predicted molar refractivity (Wildman–Crippen MR) is 128 cm³/mol. The van der Waals surface area contributed by atoms with E-state index in [-0.39, 0.29) is 30.5 Å². The molecule has 1 unspecified atom stereocenters. The molecule has 1 N–H and O–H groups in total. The van der Waals surface area contributed by atoms with Crippen molar-refractivity contribution in [3.8, 4) is 11.1 Å². The summed E-state index contributed by atoms with van der Waals surface area (Å²) in [5.41, 5.74) is 2.96. The van der Waals surface area contributed by atoms with Gasteiger partial charge in [0.2, 0.25) is 5.91 Å². The second-order valence-electron chi connectivity index (χ2n) is 9.27. The molecule has 184 valence electrons. The van der Waals surface area contributed by atoms with Crippen LogP contribution in [0.5, 0.6) is 0 Å². The van der Waals surface area contributed by atoms with Crippen LogP contribution in [0.4, 0.5) is 19.0 Å². The lowest BCUT2D eigenvalue weighted by molar-refractivity contribution is -0.123. The molecule has 5 heterocycles. The van der Waals surface area contributed by atoms with Crippen LogP contribution in [0, 0.1) is 11.6 Å². The van der Waals surface area contributed by atoms with Crippen molar-refractivity contribution in [3.05, 3.63) is 72.2 Å². The average molecular weight is 493 g/mol. The summed E-state index contributed by atoms with van der Waals surface area (Å²) in [6, 6.07) is 7.90. The van der Waals surface area contributed by atoms with E-state index in [9.17, 15) is 18.0 Å². The number of hydrogen-bond acceptors (Lipinski definition) is 5. The number of carbonyl (C=O) groups is 1. The van der Waals surface area contributed by atoms with Gasteiger partial charge in [0.15, 0.2) is 0 Å². The molecule has 6 rings (SSSR count). The third-order valence-electron chi connectivity index (χ3n) is 6.94. The van der Waals surface area contributed by atoms with E-state index in [4.69, 9.17) is 4.98 Å². The third-order valence-corrected chi connectivity index (χ3v) is 6.94. The Hall–Kier alpha value is -3.95. The van der Waals surface area contributed by atoms with Crippen LogP contribution in [0.15, 0.2) is 55.0 Å². The monoisotopic (exact) mass is 492 g/mol. The number of piperidine rings is 1. The van der Waals surface area contributed by atoms with E-state index in [2.05, 4.69) is 15.4 Å². The molecular formula is C26H23F3N6O. The number of nitrogens with zero attached hydrogens (tertiary/aromatic N) is 5. The molecule has 36 heavy (non-hydrogen) atoms. The van der Waals surface area contributed by atoms with Crippen molar-refractivity contribution in [1.82, 2.24) is 25.1 Å². The fraction of sp³-hybridized carbons (Fsp3) is 0.308. The van der Waals surface area contributed by atoms with Crippen LogP contribution in [-0.2, 0) is 4.79 Å². The van der Waals surface area contributed by atoms with Crippen LogP contribution in [0.25, 0.3) is 22.2 Å². The number of carbonyl (C=O) groups excluding carboxylic acids is 1. The highest BCUT2D eigenvalue weighted by Gasteiger charge is 2.36. The van der Waals surface area contributed by atoms with Crippen molar-refractivity contribution in [2.45, 2.75) is 37.5 Å². The summed E-state index contributed by atoms with van der Waals surface area (Å²) in [6.07, 6.45) is 5.32. The van der Waals surface area contributed by atoms with Gasteiger partial charge in [-0.3, -0.25) is 14.5 Å². The number of alkyl halides is 1. The summed E-state index contributed by atoms with van der Waals surface area (Å²) in [4.78, 5) is 22.7.